The van der Waals surface area contributed by atoms with Crippen molar-refractivity contribution in [3.05, 3.63) is 191 Å². The third-order valence-electron chi connectivity index (χ3n) is 14.1. The minimum atomic E-state index is -0.205. The Labute approximate surface area is 355 Å². The van der Waals surface area contributed by atoms with Gasteiger partial charge in [0.1, 0.15) is 0 Å². The molecule has 0 spiro atoms. The van der Waals surface area contributed by atoms with Crippen molar-refractivity contribution < 1.29 is 0 Å². The van der Waals surface area contributed by atoms with Crippen molar-refractivity contribution in [2.24, 2.45) is 0 Å². The van der Waals surface area contributed by atoms with Gasteiger partial charge in [-0.05, 0) is 132 Å². The van der Waals surface area contributed by atoms with Gasteiger partial charge in [-0.25, -0.2) is 0 Å². The van der Waals surface area contributed by atoms with Crippen LogP contribution < -0.4 is 9.80 Å². The molecule has 11 rings (SSSR count). The van der Waals surface area contributed by atoms with Crippen LogP contribution in [0.3, 0.4) is 0 Å². The molecule has 1 aliphatic carbocycles. The summed E-state index contributed by atoms with van der Waals surface area (Å²) >= 11 is 0. The second-order valence-corrected chi connectivity index (χ2v) is 18.9. The first-order valence-corrected chi connectivity index (χ1v) is 21.8. The predicted octanol–water partition coefficient (Wildman–Crippen LogP) is 16.7. The lowest BCUT2D eigenvalue weighted by molar-refractivity contribution is 0.627. The number of fused-ring (bicyclic) bond motifs is 5. The largest absolute Gasteiger partial charge is 0.310 e. The van der Waals surface area contributed by atoms with Gasteiger partial charge in [-0.2, -0.15) is 0 Å². The van der Waals surface area contributed by atoms with Gasteiger partial charge in [0.05, 0.1) is 22.7 Å². The van der Waals surface area contributed by atoms with Gasteiger partial charge in [0.25, 0.3) is 0 Å². The van der Waals surface area contributed by atoms with Gasteiger partial charge < -0.3 is 9.80 Å². The van der Waals surface area contributed by atoms with Crippen LogP contribution in [0.25, 0.3) is 43.4 Å². The molecule has 2 nitrogen and oxygen atoms in total. The molecular weight excluding hydrogens is 725 g/mol. The number of nitrogens with zero attached hydrogens (tertiary/aromatic N) is 2. The summed E-state index contributed by atoms with van der Waals surface area (Å²) in [5.41, 5.74) is 18.0. The summed E-state index contributed by atoms with van der Waals surface area (Å²) in [5.74, 6) is 0.635. The molecule has 294 valence electrons. The van der Waals surface area contributed by atoms with Crippen LogP contribution in [-0.4, -0.2) is 0 Å². The number of benzene rings is 9. The average molecular weight is 777 g/mol. The molecule has 0 saturated carbocycles. The fraction of sp³-hybridized carbons (Fsp3) is 0.207. The molecule has 0 bridgehead atoms. The summed E-state index contributed by atoms with van der Waals surface area (Å²) in [6.07, 6.45) is 0. The predicted molar refractivity (Wildman–Crippen MR) is 257 cm³/mol. The number of hydrogen-bond donors (Lipinski definition) is 0. The fourth-order valence-electron chi connectivity index (χ4n) is 11.1. The van der Waals surface area contributed by atoms with Gasteiger partial charge in [0, 0.05) is 33.0 Å². The third kappa shape index (κ3) is 5.06. The van der Waals surface area contributed by atoms with Crippen LogP contribution in [0.5, 0.6) is 0 Å². The first-order valence-electron chi connectivity index (χ1n) is 21.8. The summed E-state index contributed by atoms with van der Waals surface area (Å²) in [6.45, 7) is 19.1. The first-order chi connectivity index (χ1) is 29.0. The lowest BCUT2D eigenvalue weighted by Gasteiger charge is -2.43. The molecular formula is C58H52N2. The molecule has 1 aliphatic heterocycles. The van der Waals surface area contributed by atoms with Crippen LogP contribution in [0.4, 0.5) is 34.1 Å². The van der Waals surface area contributed by atoms with Crippen molar-refractivity contribution in [3.8, 4) is 11.1 Å². The van der Waals surface area contributed by atoms with Gasteiger partial charge in [-0.1, -0.05) is 159 Å². The highest BCUT2D eigenvalue weighted by atomic mass is 15.2. The zero-order valence-corrected chi connectivity index (χ0v) is 36.1. The Morgan fingerprint density at radius 2 is 0.917 bits per heavy atom. The van der Waals surface area contributed by atoms with E-state index in [2.05, 4.69) is 223 Å². The standard InChI is InChI=1S/C58H52N2/c1-35(2)44-32-52(59(37-19-11-9-12-20-37)38-21-13-10-14-22-38)42-29-27-41-45(36(3)4)33-53(43-30-28-40(44)55(42)56(41)43)60-51-26-18-17-25-48(51)58(7,8)50-31-46-39-23-15-16-24-47(39)57(5,6)49(46)34-54(50)60/h9-36H,1-8H3. The molecule has 9 aromatic rings. The second kappa shape index (κ2) is 13.1. The monoisotopic (exact) mass is 776 g/mol. The second-order valence-electron chi connectivity index (χ2n) is 18.9. The molecule has 60 heavy (non-hydrogen) atoms. The van der Waals surface area contributed by atoms with E-state index in [4.69, 9.17) is 0 Å². The molecule has 0 radical (unpaired) electrons. The molecule has 0 unspecified atom stereocenters. The summed E-state index contributed by atoms with van der Waals surface area (Å²) in [7, 11) is 0. The van der Waals surface area contributed by atoms with E-state index >= 15 is 0 Å². The van der Waals surface area contributed by atoms with Crippen LogP contribution in [0.1, 0.15) is 101 Å². The lowest BCUT2D eigenvalue weighted by atomic mass is 9.71. The summed E-state index contributed by atoms with van der Waals surface area (Å²) in [4.78, 5) is 5.10. The van der Waals surface area contributed by atoms with Crippen molar-refractivity contribution in [1.82, 2.24) is 0 Å². The van der Waals surface area contributed by atoms with Gasteiger partial charge in [0.15, 0.2) is 0 Å². The van der Waals surface area contributed by atoms with E-state index in [1.54, 1.807) is 0 Å². The van der Waals surface area contributed by atoms with E-state index in [0.717, 1.165) is 11.4 Å². The van der Waals surface area contributed by atoms with Crippen molar-refractivity contribution in [2.45, 2.75) is 78.1 Å². The average Bonchev–Trinajstić information content (AvgIpc) is 3.48. The van der Waals surface area contributed by atoms with Crippen molar-refractivity contribution >= 4 is 66.4 Å². The van der Waals surface area contributed by atoms with Crippen molar-refractivity contribution in [3.63, 3.8) is 0 Å². The number of anilines is 6. The SMILES string of the molecule is CC(C)c1cc(N(c2ccccc2)c2ccccc2)c2ccc3c(C(C)C)cc(N4c5ccccc5C(C)(C)c5cc6c(cc54)C(C)(C)c4ccccc4-6)c4ccc1c2c34. The molecule has 0 fully saturated rings. The Bertz CT molecular complexity index is 3110. The highest BCUT2D eigenvalue weighted by Gasteiger charge is 2.42. The highest BCUT2D eigenvalue weighted by Crippen LogP contribution is 2.59. The fourth-order valence-corrected chi connectivity index (χ4v) is 11.1. The number of para-hydroxylation sites is 3. The molecule has 0 N–H and O–H groups in total. The molecule has 9 aromatic carbocycles. The molecule has 2 heteroatoms. The zero-order chi connectivity index (χ0) is 41.2. The Morgan fingerprint density at radius 1 is 0.400 bits per heavy atom. The molecule has 1 heterocycles. The Hall–Kier alpha value is -6.38. The first kappa shape index (κ1) is 36.7. The maximum absolute atomic E-state index is 2.64. The van der Waals surface area contributed by atoms with E-state index in [1.165, 1.54) is 99.6 Å². The van der Waals surface area contributed by atoms with Gasteiger partial charge in [0.2, 0.25) is 0 Å². The Morgan fingerprint density at radius 3 is 1.57 bits per heavy atom. The highest BCUT2D eigenvalue weighted by molar-refractivity contribution is 6.29. The van der Waals surface area contributed by atoms with Crippen LogP contribution in [0.15, 0.2) is 158 Å². The van der Waals surface area contributed by atoms with E-state index in [1.807, 2.05) is 0 Å². The van der Waals surface area contributed by atoms with E-state index in [-0.39, 0.29) is 10.8 Å². The molecule has 0 saturated heterocycles. The van der Waals surface area contributed by atoms with Crippen LogP contribution in [0.2, 0.25) is 0 Å². The Balaban J connectivity index is 1.26. The number of hydrogen-bond acceptors (Lipinski definition) is 2. The molecule has 0 aromatic heterocycles. The van der Waals surface area contributed by atoms with Gasteiger partial charge in [-0.3, -0.25) is 0 Å². The maximum atomic E-state index is 2.64. The minimum absolute atomic E-state index is 0.119. The lowest BCUT2D eigenvalue weighted by Crippen LogP contribution is -2.31. The Kier molecular flexibility index (Phi) is 7.98. The van der Waals surface area contributed by atoms with E-state index in [9.17, 15) is 0 Å². The molecule has 0 amide bonds. The molecule has 0 atom stereocenters. The summed E-state index contributed by atoms with van der Waals surface area (Å²) in [5, 5.41) is 7.94. The number of rotatable bonds is 6. The van der Waals surface area contributed by atoms with Crippen LogP contribution in [0, 0.1) is 0 Å². The summed E-state index contributed by atoms with van der Waals surface area (Å²) in [6, 6.07) is 59.8. The maximum Gasteiger partial charge on any atom is 0.0543 e. The van der Waals surface area contributed by atoms with Crippen LogP contribution >= 0.6 is 0 Å². The molecule has 2 aliphatic rings. The third-order valence-corrected chi connectivity index (χ3v) is 14.1. The van der Waals surface area contributed by atoms with Crippen LogP contribution in [-0.2, 0) is 10.8 Å². The zero-order valence-electron chi connectivity index (χ0n) is 36.1. The topological polar surface area (TPSA) is 6.48 Å². The van der Waals surface area contributed by atoms with Gasteiger partial charge >= 0.3 is 0 Å². The summed E-state index contributed by atoms with van der Waals surface area (Å²) < 4.78 is 0. The normalized spacial score (nSPS) is 14.9. The quantitative estimate of drug-likeness (QED) is 0.155. The van der Waals surface area contributed by atoms with E-state index in [0.29, 0.717) is 11.8 Å². The van der Waals surface area contributed by atoms with Gasteiger partial charge in [-0.15, -0.1) is 0 Å². The van der Waals surface area contributed by atoms with E-state index < -0.39 is 0 Å². The van der Waals surface area contributed by atoms with Crippen molar-refractivity contribution in [1.29, 1.82) is 0 Å². The van der Waals surface area contributed by atoms with Crippen molar-refractivity contribution in [2.75, 3.05) is 9.80 Å². The minimum Gasteiger partial charge on any atom is -0.310 e. The smallest absolute Gasteiger partial charge is 0.0543 e.